The zero-order valence-electron chi connectivity index (χ0n) is 10.9. The van der Waals surface area contributed by atoms with Gasteiger partial charge in [-0.2, -0.15) is 0 Å². The fourth-order valence-electron chi connectivity index (χ4n) is 2.48. The van der Waals surface area contributed by atoms with E-state index in [1.807, 2.05) is 12.1 Å². The van der Waals surface area contributed by atoms with E-state index in [0.717, 1.165) is 16.3 Å². The second-order valence-corrected chi connectivity index (χ2v) is 5.12. The summed E-state index contributed by atoms with van der Waals surface area (Å²) >= 11 is 0. The summed E-state index contributed by atoms with van der Waals surface area (Å²) in [5.74, 6) is -0.446. The first-order chi connectivity index (χ1) is 9.08. The lowest BCUT2D eigenvalue weighted by Crippen LogP contribution is -1.96. The number of rotatable bonds is 2. The molecule has 2 N–H and O–H groups in total. The zero-order valence-corrected chi connectivity index (χ0v) is 10.9. The van der Waals surface area contributed by atoms with Gasteiger partial charge >= 0.3 is 5.97 Å². The summed E-state index contributed by atoms with van der Waals surface area (Å²) < 4.78 is 0. The van der Waals surface area contributed by atoms with Crippen molar-refractivity contribution in [2.75, 3.05) is 0 Å². The fraction of sp³-hybridized carbons (Fsp3) is 0.188. The Labute approximate surface area is 110 Å². The van der Waals surface area contributed by atoms with Gasteiger partial charge in [-0.1, -0.05) is 32.0 Å². The molecule has 3 heteroatoms. The Balaban J connectivity index is 2.40. The molecule has 0 saturated heterocycles. The molecule has 1 heterocycles. The van der Waals surface area contributed by atoms with E-state index in [1.54, 1.807) is 12.1 Å². The van der Waals surface area contributed by atoms with E-state index in [2.05, 4.69) is 31.0 Å². The SMILES string of the molecule is CC(C)c1ccc2[nH]c3c(C(=O)O)cccc3c2c1. The smallest absolute Gasteiger partial charge is 0.337 e. The van der Waals surface area contributed by atoms with E-state index in [-0.39, 0.29) is 0 Å². The number of hydrogen-bond donors (Lipinski definition) is 2. The van der Waals surface area contributed by atoms with Gasteiger partial charge in [-0.15, -0.1) is 0 Å². The molecule has 0 aliphatic carbocycles. The lowest BCUT2D eigenvalue weighted by Gasteiger charge is -2.04. The maximum atomic E-state index is 11.2. The number of carbonyl (C=O) groups is 1. The van der Waals surface area contributed by atoms with E-state index < -0.39 is 5.97 Å². The highest BCUT2D eigenvalue weighted by atomic mass is 16.4. The largest absolute Gasteiger partial charge is 0.478 e. The number of aromatic nitrogens is 1. The van der Waals surface area contributed by atoms with E-state index >= 15 is 0 Å². The molecule has 2 aromatic carbocycles. The average molecular weight is 253 g/mol. The highest BCUT2D eigenvalue weighted by Gasteiger charge is 2.13. The van der Waals surface area contributed by atoms with Crippen LogP contribution < -0.4 is 0 Å². The van der Waals surface area contributed by atoms with Crippen molar-refractivity contribution in [2.45, 2.75) is 19.8 Å². The van der Waals surface area contributed by atoms with E-state index in [1.165, 1.54) is 5.56 Å². The second-order valence-electron chi connectivity index (χ2n) is 5.12. The molecule has 0 aliphatic rings. The van der Waals surface area contributed by atoms with Gasteiger partial charge in [-0.25, -0.2) is 4.79 Å². The van der Waals surface area contributed by atoms with Crippen LogP contribution in [0.25, 0.3) is 21.8 Å². The van der Waals surface area contributed by atoms with Crippen molar-refractivity contribution in [3.8, 4) is 0 Å². The van der Waals surface area contributed by atoms with Crippen LogP contribution in [0.15, 0.2) is 36.4 Å². The molecule has 0 saturated carbocycles. The van der Waals surface area contributed by atoms with Crippen LogP contribution in [0.1, 0.15) is 35.7 Å². The van der Waals surface area contributed by atoms with Crippen molar-refractivity contribution >= 4 is 27.8 Å². The standard InChI is InChI=1S/C16H15NO2/c1-9(2)10-6-7-14-13(8-10)11-4-3-5-12(16(18)19)15(11)17-14/h3-9,17H,1-2H3,(H,18,19). The molecular weight excluding hydrogens is 238 g/mol. The Bertz CT molecular complexity index is 784. The van der Waals surface area contributed by atoms with Crippen molar-refractivity contribution in [3.05, 3.63) is 47.5 Å². The molecule has 3 aromatic rings. The van der Waals surface area contributed by atoms with Crippen molar-refractivity contribution in [1.29, 1.82) is 0 Å². The Morgan fingerprint density at radius 3 is 2.63 bits per heavy atom. The Hall–Kier alpha value is -2.29. The van der Waals surface area contributed by atoms with Gasteiger partial charge in [0.2, 0.25) is 0 Å². The molecular formula is C16H15NO2. The van der Waals surface area contributed by atoms with Gasteiger partial charge in [0.05, 0.1) is 11.1 Å². The molecule has 0 bridgehead atoms. The topological polar surface area (TPSA) is 53.1 Å². The molecule has 3 nitrogen and oxygen atoms in total. The van der Waals surface area contributed by atoms with Crippen molar-refractivity contribution in [3.63, 3.8) is 0 Å². The number of para-hydroxylation sites is 1. The number of aromatic carboxylic acids is 1. The Kier molecular flexibility index (Phi) is 2.56. The molecule has 0 spiro atoms. The number of H-pyrrole nitrogens is 1. The minimum atomic E-state index is -0.902. The van der Waals surface area contributed by atoms with Gasteiger partial charge < -0.3 is 10.1 Å². The summed E-state index contributed by atoms with van der Waals surface area (Å²) in [5, 5.41) is 11.3. The van der Waals surface area contributed by atoms with Crippen LogP contribution in [-0.2, 0) is 0 Å². The van der Waals surface area contributed by atoms with Gasteiger partial charge in [0.25, 0.3) is 0 Å². The number of aromatic amines is 1. The first-order valence-electron chi connectivity index (χ1n) is 6.35. The number of carboxylic acid groups (broad SMARTS) is 1. The normalized spacial score (nSPS) is 11.5. The maximum absolute atomic E-state index is 11.2. The summed E-state index contributed by atoms with van der Waals surface area (Å²) in [6.07, 6.45) is 0. The van der Waals surface area contributed by atoms with Crippen LogP contribution in [0, 0.1) is 0 Å². The molecule has 96 valence electrons. The van der Waals surface area contributed by atoms with Gasteiger partial charge in [-0.05, 0) is 29.7 Å². The molecule has 1 aromatic heterocycles. The predicted molar refractivity (Wildman–Crippen MR) is 76.9 cm³/mol. The molecule has 0 aliphatic heterocycles. The second kappa shape index (κ2) is 4.12. The third-order valence-electron chi connectivity index (χ3n) is 3.55. The summed E-state index contributed by atoms with van der Waals surface area (Å²) in [4.78, 5) is 14.5. The van der Waals surface area contributed by atoms with Gasteiger partial charge in [0.1, 0.15) is 0 Å². The van der Waals surface area contributed by atoms with Crippen LogP contribution in [0.2, 0.25) is 0 Å². The highest BCUT2D eigenvalue weighted by Crippen LogP contribution is 2.30. The average Bonchev–Trinajstić information content (AvgIpc) is 2.75. The summed E-state index contributed by atoms with van der Waals surface area (Å²) in [6.45, 7) is 4.30. The quantitative estimate of drug-likeness (QED) is 0.721. The predicted octanol–water partition coefficient (Wildman–Crippen LogP) is 4.14. The maximum Gasteiger partial charge on any atom is 0.337 e. The number of nitrogens with one attached hydrogen (secondary N) is 1. The number of carboxylic acids is 1. The van der Waals surface area contributed by atoms with E-state index in [0.29, 0.717) is 17.0 Å². The van der Waals surface area contributed by atoms with Crippen LogP contribution in [0.5, 0.6) is 0 Å². The molecule has 0 radical (unpaired) electrons. The highest BCUT2D eigenvalue weighted by molar-refractivity contribution is 6.13. The molecule has 0 unspecified atom stereocenters. The molecule has 3 rings (SSSR count). The molecule has 0 amide bonds. The summed E-state index contributed by atoms with van der Waals surface area (Å²) in [6, 6.07) is 11.6. The number of hydrogen-bond acceptors (Lipinski definition) is 1. The van der Waals surface area contributed by atoms with E-state index in [9.17, 15) is 9.90 Å². The van der Waals surface area contributed by atoms with Crippen molar-refractivity contribution in [1.82, 2.24) is 4.98 Å². The zero-order chi connectivity index (χ0) is 13.6. The van der Waals surface area contributed by atoms with Crippen LogP contribution in [0.3, 0.4) is 0 Å². The summed E-state index contributed by atoms with van der Waals surface area (Å²) in [5.41, 5.74) is 3.26. The minimum absolute atomic E-state index is 0.319. The van der Waals surface area contributed by atoms with Gasteiger partial charge in [-0.3, -0.25) is 0 Å². The minimum Gasteiger partial charge on any atom is -0.478 e. The number of benzene rings is 2. The number of fused-ring (bicyclic) bond motifs is 3. The first-order valence-corrected chi connectivity index (χ1v) is 6.35. The monoisotopic (exact) mass is 253 g/mol. The van der Waals surface area contributed by atoms with Crippen LogP contribution >= 0.6 is 0 Å². The fourth-order valence-corrected chi connectivity index (χ4v) is 2.48. The lowest BCUT2D eigenvalue weighted by atomic mass is 10.0. The third-order valence-corrected chi connectivity index (χ3v) is 3.55. The van der Waals surface area contributed by atoms with Crippen molar-refractivity contribution in [2.24, 2.45) is 0 Å². The van der Waals surface area contributed by atoms with Gasteiger partial charge in [0, 0.05) is 16.3 Å². The van der Waals surface area contributed by atoms with Crippen molar-refractivity contribution < 1.29 is 9.90 Å². The first kappa shape index (κ1) is 11.8. The van der Waals surface area contributed by atoms with Crippen LogP contribution in [0.4, 0.5) is 0 Å². The van der Waals surface area contributed by atoms with Gasteiger partial charge in [0.15, 0.2) is 0 Å². The Morgan fingerprint density at radius 1 is 1.16 bits per heavy atom. The van der Waals surface area contributed by atoms with Crippen LogP contribution in [-0.4, -0.2) is 16.1 Å². The lowest BCUT2D eigenvalue weighted by molar-refractivity contribution is 0.0699. The molecule has 19 heavy (non-hydrogen) atoms. The van der Waals surface area contributed by atoms with E-state index in [4.69, 9.17) is 0 Å². The molecule has 0 fully saturated rings. The summed E-state index contributed by atoms with van der Waals surface area (Å²) in [7, 11) is 0. The molecule has 0 atom stereocenters. The Morgan fingerprint density at radius 2 is 1.95 bits per heavy atom. The third kappa shape index (κ3) is 1.78.